The highest BCUT2D eigenvalue weighted by atomic mass is 16.3. The summed E-state index contributed by atoms with van der Waals surface area (Å²) in [6.07, 6.45) is 5.43. The van der Waals surface area contributed by atoms with Gasteiger partial charge >= 0.3 is 0 Å². The minimum absolute atomic E-state index is 0.0336. The zero-order valence-electron chi connectivity index (χ0n) is 18.7. The number of aliphatic hydroxyl groups excluding tert-OH is 2. The van der Waals surface area contributed by atoms with Crippen molar-refractivity contribution in [1.82, 2.24) is 0 Å². The molecule has 0 bridgehead atoms. The van der Waals surface area contributed by atoms with Gasteiger partial charge in [-0.2, -0.15) is 0 Å². The van der Waals surface area contributed by atoms with Gasteiger partial charge < -0.3 is 10.2 Å². The Labute approximate surface area is 184 Å². The quantitative estimate of drug-likeness (QED) is 0.567. The second-order valence-corrected chi connectivity index (χ2v) is 10.1. The lowest BCUT2D eigenvalue weighted by Crippen LogP contribution is -2.57. The number of aliphatic hydroxyl groups is 2. The van der Waals surface area contributed by atoms with Gasteiger partial charge in [0.1, 0.15) is 0 Å². The van der Waals surface area contributed by atoms with Crippen molar-refractivity contribution in [1.29, 1.82) is 0 Å². The monoisotopic (exact) mass is 423 g/mol. The molecule has 2 amide bonds. The molecular weight excluding hydrogens is 390 g/mol. The largest absolute Gasteiger partial charge is 0.396 e. The molecule has 5 heteroatoms. The van der Waals surface area contributed by atoms with Gasteiger partial charge in [-0.1, -0.05) is 50.3 Å². The van der Waals surface area contributed by atoms with E-state index in [4.69, 9.17) is 0 Å². The molecule has 1 aliphatic heterocycles. The Hall–Kier alpha value is -2.24. The lowest BCUT2D eigenvalue weighted by atomic mass is 9.46. The molecule has 166 valence electrons. The van der Waals surface area contributed by atoms with E-state index in [-0.39, 0.29) is 35.7 Å². The normalized spacial score (nSPS) is 36.5. The number of rotatable bonds is 3. The van der Waals surface area contributed by atoms with Crippen LogP contribution in [-0.2, 0) is 9.59 Å². The number of carbonyl (C=O) groups is 2. The van der Waals surface area contributed by atoms with Gasteiger partial charge in [-0.25, -0.2) is 4.90 Å². The van der Waals surface area contributed by atoms with Crippen LogP contribution in [0.1, 0.15) is 58.4 Å². The average Bonchev–Trinajstić information content (AvgIpc) is 3.02. The van der Waals surface area contributed by atoms with E-state index in [1.807, 2.05) is 37.3 Å². The van der Waals surface area contributed by atoms with Crippen LogP contribution in [0.5, 0.6) is 0 Å². The molecule has 31 heavy (non-hydrogen) atoms. The Morgan fingerprint density at radius 2 is 2.00 bits per heavy atom. The van der Waals surface area contributed by atoms with Crippen LogP contribution in [0.3, 0.4) is 0 Å². The van der Waals surface area contributed by atoms with Gasteiger partial charge in [0.15, 0.2) is 0 Å². The molecule has 0 saturated heterocycles. The zero-order chi connectivity index (χ0) is 22.6. The average molecular weight is 424 g/mol. The number of nitrogens with zero attached hydrogens (tertiary/aromatic N) is 1. The minimum Gasteiger partial charge on any atom is -0.396 e. The third kappa shape index (κ3) is 3.21. The summed E-state index contributed by atoms with van der Waals surface area (Å²) < 4.78 is 0. The maximum absolute atomic E-state index is 13.1. The van der Waals surface area contributed by atoms with Gasteiger partial charge in [0, 0.05) is 23.5 Å². The van der Waals surface area contributed by atoms with Crippen LogP contribution in [0.15, 0.2) is 42.5 Å². The number of hydrogen-bond acceptors (Lipinski definition) is 4. The van der Waals surface area contributed by atoms with Crippen molar-refractivity contribution in [3.05, 3.63) is 48.1 Å². The molecule has 1 heterocycles. The first kappa shape index (κ1) is 22.0. The molecular formula is C26H33NO4. The smallest absolute Gasteiger partial charge is 0.265 e. The zero-order valence-corrected chi connectivity index (χ0v) is 18.7. The number of allylic oxidation sites excluding steroid dienone is 2. The Morgan fingerprint density at radius 1 is 1.29 bits per heavy atom. The highest BCUT2D eigenvalue weighted by Gasteiger charge is 2.57. The number of amides is 2. The number of fused-ring (bicyclic) bond motifs is 2. The van der Waals surface area contributed by atoms with E-state index in [1.165, 1.54) is 17.4 Å². The second-order valence-electron chi connectivity index (χ2n) is 10.1. The molecule has 0 spiro atoms. The van der Waals surface area contributed by atoms with E-state index in [2.05, 4.69) is 13.5 Å². The van der Waals surface area contributed by atoms with Crippen LogP contribution in [0.4, 0.5) is 5.69 Å². The number of carbonyl (C=O) groups excluding carboxylic acids is 2. The van der Waals surface area contributed by atoms with E-state index in [0.29, 0.717) is 24.1 Å². The fraction of sp³-hybridized carbons (Fsp3) is 0.538. The van der Waals surface area contributed by atoms with Gasteiger partial charge in [0.25, 0.3) is 5.91 Å². The van der Waals surface area contributed by atoms with Crippen LogP contribution in [0.2, 0.25) is 0 Å². The maximum atomic E-state index is 13.1. The van der Waals surface area contributed by atoms with Crippen LogP contribution < -0.4 is 4.90 Å². The molecule has 5 atom stereocenters. The third-order valence-corrected chi connectivity index (χ3v) is 8.43. The molecule has 2 saturated carbocycles. The van der Waals surface area contributed by atoms with Crippen LogP contribution in [0, 0.1) is 22.7 Å². The summed E-state index contributed by atoms with van der Waals surface area (Å²) in [5, 5.41) is 20.9. The number of hydrogen-bond donors (Lipinski definition) is 2. The Bertz CT molecular complexity index is 966. The summed E-state index contributed by atoms with van der Waals surface area (Å²) in [6, 6.07) is 7.42. The first-order valence-corrected chi connectivity index (χ1v) is 11.3. The van der Waals surface area contributed by atoms with Gasteiger partial charge in [-0.3, -0.25) is 9.59 Å². The predicted octanol–water partition coefficient (Wildman–Crippen LogP) is 4.10. The molecule has 1 aromatic carbocycles. The third-order valence-electron chi connectivity index (χ3n) is 8.43. The summed E-state index contributed by atoms with van der Waals surface area (Å²) in [5.41, 5.74) is 2.56. The van der Waals surface area contributed by atoms with Crippen molar-refractivity contribution in [2.24, 2.45) is 22.7 Å². The first-order chi connectivity index (χ1) is 14.6. The number of para-hydroxylation sites is 1. The van der Waals surface area contributed by atoms with Crippen LogP contribution in [-0.4, -0.2) is 34.7 Å². The Kier molecular flexibility index (Phi) is 5.47. The van der Waals surface area contributed by atoms with Crippen LogP contribution >= 0.6 is 0 Å². The summed E-state index contributed by atoms with van der Waals surface area (Å²) >= 11 is 0. The summed E-state index contributed by atoms with van der Waals surface area (Å²) in [4.78, 5) is 26.4. The number of imide groups is 1. The maximum Gasteiger partial charge on any atom is 0.265 e. The van der Waals surface area contributed by atoms with Crippen molar-refractivity contribution in [2.75, 3.05) is 11.5 Å². The van der Waals surface area contributed by atoms with E-state index in [0.717, 1.165) is 24.8 Å². The standard InChI is InChI=1S/C26H33NO4/c1-16-9-12-22-25(3,14-13-23(30)26(22,4)15-28)20(16)11-10-19-18-7-5-6-8-21(18)27(17(2)29)24(19)31/h5-8,10,20,22-23,28,30H,1,9,11-15H2,2-4H3/b19-10+/t20-,22+,23-,25+,26+/m1/s1. The minimum atomic E-state index is -0.527. The van der Waals surface area contributed by atoms with Crippen molar-refractivity contribution in [3.63, 3.8) is 0 Å². The molecule has 2 fully saturated rings. The van der Waals surface area contributed by atoms with Gasteiger partial charge in [0.2, 0.25) is 5.91 Å². The van der Waals surface area contributed by atoms with E-state index in [1.54, 1.807) is 0 Å². The topological polar surface area (TPSA) is 77.8 Å². The summed E-state index contributed by atoms with van der Waals surface area (Å²) in [5.74, 6) is -0.211. The lowest BCUT2D eigenvalue weighted by molar-refractivity contribution is -0.151. The molecule has 2 aliphatic carbocycles. The second kappa shape index (κ2) is 7.72. The summed E-state index contributed by atoms with van der Waals surface area (Å²) in [7, 11) is 0. The molecule has 0 radical (unpaired) electrons. The highest BCUT2D eigenvalue weighted by molar-refractivity contribution is 6.39. The lowest BCUT2D eigenvalue weighted by Gasteiger charge is -2.59. The molecule has 3 aliphatic rings. The van der Waals surface area contributed by atoms with Crippen molar-refractivity contribution in [3.8, 4) is 0 Å². The number of benzene rings is 1. The predicted molar refractivity (Wildman–Crippen MR) is 121 cm³/mol. The van der Waals surface area contributed by atoms with Gasteiger partial charge in [0.05, 0.1) is 18.4 Å². The first-order valence-electron chi connectivity index (χ1n) is 11.3. The van der Waals surface area contributed by atoms with Crippen LogP contribution in [0.25, 0.3) is 5.57 Å². The molecule has 0 unspecified atom stereocenters. The number of anilines is 1. The molecule has 1 aromatic rings. The summed E-state index contributed by atoms with van der Waals surface area (Å²) in [6.45, 7) is 10.0. The SMILES string of the molecule is C=C1CC[C@@H]2[C@](C)(CO)[C@H](O)CC[C@@]2(C)[C@@H]1C/C=C1/C(=O)N(C(C)=O)c2ccccc21. The fourth-order valence-corrected chi connectivity index (χ4v) is 6.62. The van der Waals surface area contributed by atoms with Gasteiger partial charge in [-0.05, 0) is 55.4 Å². The van der Waals surface area contributed by atoms with Crippen molar-refractivity contribution >= 4 is 23.1 Å². The highest BCUT2D eigenvalue weighted by Crippen LogP contribution is 2.61. The van der Waals surface area contributed by atoms with Crippen molar-refractivity contribution < 1.29 is 19.8 Å². The Morgan fingerprint density at radius 3 is 2.68 bits per heavy atom. The Balaban J connectivity index is 1.69. The van der Waals surface area contributed by atoms with E-state index in [9.17, 15) is 19.8 Å². The van der Waals surface area contributed by atoms with Crippen molar-refractivity contribution in [2.45, 2.75) is 59.0 Å². The molecule has 0 aromatic heterocycles. The molecule has 4 rings (SSSR count). The fourth-order valence-electron chi connectivity index (χ4n) is 6.62. The van der Waals surface area contributed by atoms with Gasteiger partial charge in [-0.15, -0.1) is 0 Å². The molecule has 2 N–H and O–H groups in total. The van der Waals surface area contributed by atoms with E-state index < -0.39 is 11.5 Å². The van der Waals surface area contributed by atoms with E-state index >= 15 is 0 Å². The molecule has 5 nitrogen and oxygen atoms in total.